The van der Waals surface area contributed by atoms with Crippen molar-refractivity contribution in [3.05, 3.63) is 71.8 Å². The number of aromatic nitrogens is 2. The maximum absolute atomic E-state index is 12.8. The first kappa shape index (κ1) is 19.4. The number of carbonyl (C=O) groups is 1. The van der Waals surface area contributed by atoms with Crippen molar-refractivity contribution in [1.29, 1.82) is 0 Å². The van der Waals surface area contributed by atoms with Gasteiger partial charge in [-0.1, -0.05) is 36.4 Å². The molecule has 0 aliphatic carbocycles. The van der Waals surface area contributed by atoms with Gasteiger partial charge >= 0.3 is 7.12 Å². The minimum absolute atomic E-state index is 0.229. The van der Waals surface area contributed by atoms with Gasteiger partial charge in [0.1, 0.15) is 0 Å². The SMILES string of the molecule is Nc1ccc(Nc2ccccc2C(=O)NCc2cccc(B(O)O)c2)c2nonc12. The Kier molecular flexibility index (Phi) is 5.33. The first-order valence-corrected chi connectivity index (χ1v) is 9.13. The Morgan fingerprint density at radius 2 is 1.80 bits per heavy atom. The maximum atomic E-state index is 12.8. The molecule has 0 bridgehead atoms. The van der Waals surface area contributed by atoms with Crippen molar-refractivity contribution in [1.82, 2.24) is 15.6 Å². The molecule has 10 heteroatoms. The van der Waals surface area contributed by atoms with Crippen LogP contribution in [0.2, 0.25) is 0 Å². The monoisotopic (exact) mass is 403 g/mol. The van der Waals surface area contributed by atoms with Crippen LogP contribution in [0.25, 0.3) is 11.0 Å². The van der Waals surface area contributed by atoms with E-state index in [1.165, 1.54) is 0 Å². The third kappa shape index (κ3) is 3.95. The van der Waals surface area contributed by atoms with E-state index in [9.17, 15) is 14.8 Å². The van der Waals surface area contributed by atoms with Gasteiger partial charge in [-0.15, -0.1) is 0 Å². The van der Waals surface area contributed by atoms with Crippen molar-refractivity contribution >= 4 is 46.6 Å². The van der Waals surface area contributed by atoms with Crippen LogP contribution in [-0.2, 0) is 6.54 Å². The van der Waals surface area contributed by atoms with Gasteiger partial charge in [0.2, 0.25) is 0 Å². The highest BCUT2D eigenvalue weighted by molar-refractivity contribution is 6.58. The quantitative estimate of drug-likeness (QED) is 0.238. The van der Waals surface area contributed by atoms with E-state index in [-0.39, 0.29) is 12.5 Å². The van der Waals surface area contributed by atoms with Gasteiger partial charge in [-0.25, -0.2) is 4.63 Å². The minimum atomic E-state index is -1.56. The van der Waals surface area contributed by atoms with Crippen molar-refractivity contribution in [2.24, 2.45) is 0 Å². The molecule has 0 saturated heterocycles. The fourth-order valence-corrected chi connectivity index (χ4v) is 3.06. The number of anilines is 3. The van der Waals surface area contributed by atoms with Gasteiger partial charge in [0.15, 0.2) is 11.0 Å². The Morgan fingerprint density at radius 3 is 2.63 bits per heavy atom. The average Bonchev–Trinajstić information content (AvgIpc) is 3.26. The molecular weight excluding hydrogens is 385 g/mol. The van der Waals surface area contributed by atoms with E-state index in [4.69, 9.17) is 10.4 Å². The number of nitrogens with two attached hydrogens (primary N) is 1. The van der Waals surface area contributed by atoms with E-state index in [2.05, 4.69) is 20.9 Å². The summed E-state index contributed by atoms with van der Waals surface area (Å²) in [6.45, 7) is 0.229. The van der Waals surface area contributed by atoms with Crippen LogP contribution < -0.4 is 21.8 Å². The Labute approximate surface area is 171 Å². The molecule has 150 valence electrons. The fourth-order valence-electron chi connectivity index (χ4n) is 3.06. The van der Waals surface area contributed by atoms with Crippen molar-refractivity contribution in [2.75, 3.05) is 11.1 Å². The van der Waals surface area contributed by atoms with Crippen LogP contribution in [0.15, 0.2) is 65.3 Å². The molecule has 1 aromatic heterocycles. The first-order valence-electron chi connectivity index (χ1n) is 9.13. The normalized spacial score (nSPS) is 10.7. The predicted octanol–water partition coefficient (Wildman–Crippen LogP) is 1.16. The molecule has 3 aromatic carbocycles. The van der Waals surface area contributed by atoms with Gasteiger partial charge < -0.3 is 26.4 Å². The van der Waals surface area contributed by atoms with E-state index in [0.29, 0.717) is 39.1 Å². The Morgan fingerprint density at radius 1 is 1.00 bits per heavy atom. The summed E-state index contributed by atoms with van der Waals surface area (Å²) in [5.41, 5.74) is 9.93. The molecule has 1 amide bonds. The third-order valence-electron chi connectivity index (χ3n) is 4.59. The highest BCUT2D eigenvalue weighted by Crippen LogP contribution is 2.29. The molecule has 1 heterocycles. The molecule has 4 aromatic rings. The maximum Gasteiger partial charge on any atom is 0.488 e. The molecule has 0 aliphatic heterocycles. The molecule has 0 unspecified atom stereocenters. The Bertz CT molecular complexity index is 1210. The second-order valence-electron chi connectivity index (χ2n) is 6.64. The summed E-state index contributed by atoms with van der Waals surface area (Å²) in [6.07, 6.45) is 0. The average molecular weight is 403 g/mol. The summed E-state index contributed by atoms with van der Waals surface area (Å²) < 4.78 is 4.78. The standard InChI is InChI=1S/C20H18BN5O4/c22-15-8-9-17(19-18(15)25-30-26-19)24-16-7-2-1-6-14(16)20(27)23-11-12-4-3-5-13(10-12)21(28)29/h1-10,24,28-29H,11,22H2,(H,23,27). The summed E-state index contributed by atoms with van der Waals surface area (Å²) >= 11 is 0. The molecule has 0 radical (unpaired) electrons. The van der Waals surface area contributed by atoms with Gasteiger partial charge in [0.05, 0.1) is 22.6 Å². The third-order valence-corrected chi connectivity index (χ3v) is 4.59. The second kappa shape index (κ2) is 8.23. The lowest BCUT2D eigenvalue weighted by atomic mass is 9.79. The summed E-state index contributed by atoms with van der Waals surface area (Å²) in [6, 6.07) is 17.2. The molecule has 0 atom stereocenters. The molecule has 0 fully saturated rings. The zero-order chi connectivity index (χ0) is 21.1. The van der Waals surface area contributed by atoms with Gasteiger partial charge in [0.25, 0.3) is 5.91 Å². The molecular formula is C20H18BN5O4. The predicted molar refractivity (Wildman–Crippen MR) is 113 cm³/mol. The van der Waals surface area contributed by atoms with E-state index >= 15 is 0 Å². The number of fused-ring (bicyclic) bond motifs is 1. The van der Waals surface area contributed by atoms with E-state index < -0.39 is 7.12 Å². The number of hydrogen-bond donors (Lipinski definition) is 5. The Balaban J connectivity index is 1.54. The summed E-state index contributed by atoms with van der Waals surface area (Å²) in [7, 11) is -1.56. The molecule has 30 heavy (non-hydrogen) atoms. The van der Waals surface area contributed by atoms with Crippen LogP contribution in [-0.4, -0.2) is 33.4 Å². The van der Waals surface area contributed by atoms with Crippen LogP contribution >= 0.6 is 0 Å². The Hall–Kier alpha value is -3.89. The molecule has 0 spiro atoms. The number of rotatable bonds is 6. The second-order valence-corrected chi connectivity index (χ2v) is 6.64. The van der Waals surface area contributed by atoms with Crippen molar-refractivity contribution in [3.63, 3.8) is 0 Å². The van der Waals surface area contributed by atoms with Crippen molar-refractivity contribution in [3.8, 4) is 0 Å². The lowest BCUT2D eigenvalue weighted by Gasteiger charge is -2.13. The number of para-hydroxylation sites is 1. The zero-order valence-corrected chi connectivity index (χ0v) is 15.7. The summed E-state index contributed by atoms with van der Waals surface area (Å²) in [5, 5.41) is 32.3. The van der Waals surface area contributed by atoms with Gasteiger partial charge in [-0.2, -0.15) is 0 Å². The van der Waals surface area contributed by atoms with E-state index in [0.717, 1.165) is 5.56 Å². The van der Waals surface area contributed by atoms with Gasteiger partial charge in [-0.05, 0) is 45.6 Å². The topological polar surface area (TPSA) is 147 Å². The number of amides is 1. The van der Waals surface area contributed by atoms with Crippen LogP contribution in [0.1, 0.15) is 15.9 Å². The molecule has 0 saturated carbocycles. The number of nitrogen functional groups attached to an aromatic ring is 1. The van der Waals surface area contributed by atoms with Crippen LogP contribution in [0, 0.1) is 0 Å². The minimum Gasteiger partial charge on any atom is -0.423 e. The number of hydrogen-bond acceptors (Lipinski definition) is 8. The van der Waals surface area contributed by atoms with Crippen LogP contribution in [0.3, 0.4) is 0 Å². The first-order chi connectivity index (χ1) is 14.5. The number of nitrogens with zero attached hydrogens (tertiary/aromatic N) is 2. The fraction of sp³-hybridized carbons (Fsp3) is 0.0500. The lowest BCUT2D eigenvalue weighted by molar-refractivity contribution is 0.0951. The number of nitrogens with one attached hydrogen (secondary N) is 2. The summed E-state index contributed by atoms with van der Waals surface area (Å²) in [4.78, 5) is 12.8. The highest BCUT2D eigenvalue weighted by atomic mass is 16.6. The van der Waals surface area contributed by atoms with Crippen LogP contribution in [0.5, 0.6) is 0 Å². The number of benzene rings is 3. The molecule has 9 nitrogen and oxygen atoms in total. The smallest absolute Gasteiger partial charge is 0.423 e. The largest absolute Gasteiger partial charge is 0.488 e. The van der Waals surface area contributed by atoms with E-state index in [1.807, 2.05) is 0 Å². The van der Waals surface area contributed by atoms with Gasteiger partial charge in [0, 0.05) is 6.54 Å². The molecule has 6 N–H and O–H groups in total. The lowest BCUT2D eigenvalue weighted by Crippen LogP contribution is -2.30. The van der Waals surface area contributed by atoms with Crippen molar-refractivity contribution in [2.45, 2.75) is 6.54 Å². The van der Waals surface area contributed by atoms with Crippen LogP contribution in [0.4, 0.5) is 17.1 Å². The van der Waals surface area contributed by atoms with E-state index in [1.54, 1.807) is 60.7 Å². The highest BCUT2D eigenvalue weighted by Gasteiger charge is 2.15. The van der Waals surface area contributed by atoms with Crippen molar-refractivity contribution < 1.29 is 19.5 Å². The summed E-state index contributed by atoms with van der Waals surface area (Å²) in [5.74, 6) is -0.294. The van der Waals surface area contributed by atoms with Gasteiger partial charge in [-0.3, -0.25) is 4.79 Å². The molecule has 4 rings (SSSR count). The molecule has 0 aliphatic rings. The zero-order valence-electron chi connectivity index (χ0n) is 15.7. The number of carbonyl (C=O) groups excluding carboxylic acids is 1.